The molecule has 0 fully saturated rings. The first-order valence-electron chi connectivity index (χ1n) is 3.52. The standard InChI is InChI=1S/C9H7BrFN/c10-4-3-7-1-2-9(11)5-8(7)6-12/h1-2,5H,3-4H2. The molecule has 0 aromatic heterocycles. The Morgan fingerprint density at radius 1 is 1.50 bits per heavy atom. The molecule has 0 radical (unpaired) electrons. The number of nitrogens with zero attached hydrogens (tertiary/aromatic N) is 1. The van der Waals surface area contributed by atoms with E-state index >= 15 is 0 Å². The molecule has 0 heterocycles. The van der Waals surface area contributed by atoms with Crippen molar-refractivity contribution < 1.29 is 4.39 Å². The van der Waals surface area contributed by atoms with Crippen LogP contribution in [-0.2, 0) is 6.42 Å². The topological polar surface area (TPSA) is 23.8 Å². The van der Waals surface area contributed by atoms with Gasteiger partial charge in [-0.1, -0.05) is 22.0 Å². The molecule has 1 rings (SSSR count). The summed E-state index contributed by atoms with van der Waals surface area (Å²) < 4.78 is 12.6. The Morgan fingerprint density at radius 2 is 2.25 bits per heavy atom. The fourth-order valence-corrected chi connectivity index (χ4v) is 1.40. The van der Waals surface area contributed by atoms with Gasteiger partial charge in [-0.2, -0.15) is 5.26 Å². The minimum absolute atomic E-state index is 0.357. The summed E-state index contributed by atoms with van der Waals surface area (Å²) in [5, 5.41) is 9.42. The highest BCUT2D eigenvalue weighted by molar-refractivity contribution is 9.09. The van der Waals surface area contributed by atoms with E-state index in [1.807, 2.05) is 6.07 Å². The van der Waals surface area contributed by atoms with Crippen molar-refractivity contribution in [2.45, 2.75) is 6.42 Å². The molecule has 0 saturated carbocycles. The summed E-state index contributed by atoms with van der Waals surface area (Å²) in [5.74, 6) is -0.357. The molecule has 0 amide bonds. The van der Waals surface area contributed by atoms with Gasteiger partial charge in [-0.05, 0) is 24.1 Å². The molecule has 0 aliphatic carbocycles. The van der Waals surface area contributed by atoms with Gasteiger partial charge in [-0.3, -0.25) is 0 Å². The van der Waals surface area contributed by atoms with Crippen LogP contribution in [0.4, 0.5) is 4.39 Å². The molecule has 1 aromatic rings. The molecule has 0 bridgehead atoms. The zero-order valence-corrected chi connectivity index (χ0v) is 7.94. The number of nitriles is 1. The summed E-state index contributed by atoms with van der Waals surface area (Å²) in [6.45, 7) is 0. The fourth-order valence-electron chi connectivity index (χ4n) is 0.973. The van der Waals surface area contributed by atoms with Crippen molar-refractivity contribution in [3.05, 3.63) is 35.1 Å². The third-order valence-electron chi connectivity index (χ3n) is 1.56. The van der Waals surface area contributed by atoms with Crippen LogP contribution in [0.25, 0.3) is 0 Å². The normalized spacial score (nSPS) is 9.42. The van der Waals surface area contributed by atoms with E-state index in [0.717, 1.165) is 17.3 Å². The molecule has 1 aromatic carbocycles. The Kier molecular flexibility index (Phi) is 3.24. The monoisotopic (exact) mass is 227 g/mol. The maximum atomic E-state index is 12.6. The van der Waals surface area contributed by atoms with Crippen LogP contribution < -0.4 is 0 Å². The minimum atomic E-state index is -0.357. The largest absolute Gasteiger partial charge is 0.207 e. The van der Waals surface area contributed by atoms with E-state index in [9.17, 15) is 4.39 Å². The smallest absolute Gasteiger partial charge is 0.124 e. The van der Waals surface area contributed by atoms with E-state index in [-0.39, 0.29) is 5.82 Å². The van der Waals surface area contributed by atoms with Crippen LogP contribution in [0.5, 0.6) is 0 Å². The first-order chi connectivity index (χ1) is 5.77. The van der Waals surface area contributed by atoms with Gasteiger partial charge in [0.25, 0.3) is 0 Å². The second-order valence-corrected chi connectivity index (χ2v) is 3.15. The van der Waals surface area contributed by atoms with Gasteiger partial charge in [0.15, 0.2) is 0 Å². The lowest BCUT2D eigenvalue weighted by molar-refractivity contribution is 0.626. The highest BCUT2D eigenvalue weighted by atomic mass is 79.9. The zero-order valence-electron chi connectivity index (χ0n) is 6.35. The minimum Gasteiger partial charge on any atom is -0.207 e. The molecule has 0 N–H and O–H groups in total. The number of halogens is 2. The average Bonchev–Trinajstić information content (AvgIpc) is 2.08. The second kappa shape index (κ2) is 4.22. The van der Waals surface area contributed by atoms with Gasteiger partial charge in [0.1, 0.15) is 5.82 Å². The van der Waals surface area contributed by atoms with E-state index in [0.29, 0.717) is 5.56 Å². The van der Waals surface area contributed by atoms with Crippen molar-refractivity contribution in [1.82, 2.24) is 0 Å². The number of aryl methyl sites for hydroxylation is 1. The summed E-state index contributed by atoms with van der Waals surface area (Å²) >= 11 is 3.26. The van der Waals surface area contributed by atoms with Crippen molar-refractivity contribution in [2.75, 3.05) is 5.33 Å². The summed E-state index contributed by atoms with van der Waals surface area (Å²) in [6.07, 6.45) is 0.753. The van der Waals surface area contributed by atoms with Crippen LogP contribution in [0.2, 0.25) is 0 Å². The quantitative estimate of drug-likeness (QED) is 0.713. The zero-order chi connectivity index (χ0) is 8.97. The molecular formula is C9H7BrFN. The van der Waals surface area contributed by atoms with Crippen molar-refractivity contribution in [3.8, 4) is 6.07 Å². The number of alkyl halides is 1. The van der Waals surface area contributed by atoms with Gasteiger partial charge in [0.2, 0.25) is 0 Å². The van der Waals surface area contributed by atoms with Crippen molar-refractivity contribution in [3.63, 3.8) is 0 Å². The number of hydrogen-bond acceptors (Lipinski definition) is 1. The lowest BCUT2D eigenvalue weighted by Gasteiger charge is -1.99. The maximum absolute atomic E-state index is 12.6. The third-order valence-corrected chi connectivity index (χ3v) is 1.95. The van der Waals surface area contributed by atoms with E-state index < -0.39 is 0 Å². The van der Waals surface area contributed by atoms with Crippen molar-refractivity contribution in [2.24, 2.45) is 0 Å². The number of hydrogen-bond donors (Lipinski definition) is 0. The van der Waals surface area contributed by atoms with Gasteiger partial charge >= 0.3 is 0 Å². The number of benzene rings is 1. The number of rotatable bonds is 2. The fraction of sp³-hybridized carbons (Fsp3) is 0.222. The Morgan fingerprint density at radius 3 is 2.83 bits per heavy atom. The van der Waals surface area contributed by atoms with Crippen LogP contribution in [0.3, 0.4) is 0 Å². The molecular weight excluding hydrogens is 221 g/mol. The van der Waals surface area contributed by atoms with Crippen molar-refractivity contribution >= 4 is 15.9 Å². The predicted molar refractivity (Wildman–Crippen MR) is 48.6 cm³/mol. The Balaban J connectivity index is 3.05. The predicted octanol–water partition coefficient (Wildman–Crippen LogP) is 2.63. The average molecular weight is 228 g/mol. The first kappa shape index (κ1) is 9.21. The summed E-state index contributed by atoms with van der Waals surface area (Å²) in [4.78, 5) is 0. The van der Waals surface area contributed by atoms with Gasteiger partial charge in [-0.25, -0.2) is 4.39 Å². The van der Waals surface area contributed by atoms with E-state index in [1.165, 1.54) is 12.1 Å². The molecule has 3 heteroatoms. The SMILES string of the molecule is N#Cc1cc(F)ccc1CCBr. The maximum Gasteiger partial charge on any atom is 0.124 e. The van der Waals surface area contributed by atoms with Crippen LogP contribution in [0.15, 0.2) is 18.2 Å². The molecule has 12 heavy (non-hydrogen) atoms. The summed E-state index contributed by atoms with van der Waals surface area (Å²) in [5.41, 5.74) is 1.31. The van der Waals surface area contributed by atoms with Gasteiger partial charge in [0, 0.05) is 5.33 Å². The van der Waals surface area contributed by atoms with Crippen LogP contribution in [-0.4, -0.2) is 5.33 Å². The van der Waals surface area contributed by atoms with E-state index in [4.69, 9.17) is 5.26 Å². The third kappa shape index (κ3) is 2.05. The van der Waals surface area contributed by atoms with Gasteiger partial charge in [0.05, 0.1) is 11.6 Å². The van der Waals surface area contributed by atoms with E-state index in [1.54, 1.807) is 6.07 Å². The second-order valence-electron chi connectivity index (χ2n) is 2.35. The lowest BCUT2D eigenvalue weighted by atomic mass is 10.1. The Bertz CT molecular complexity index is 317. The Labute approximate surface area is 79.0 Å². The molecule has 0 saturated heterocycles. The Hall–Kier alpha value is -0.880. The first-order valence-corrected chi connectivity index (χ1v) is 4.64. The molecule has 0 spiro atoms. The molecule has 1 nitrogen and oxygen atoms in total. The van der Waals surface area contributed by atoms with Crippen LogP contribution in [0.1, 0.15) is 11.1 Å². The molecule has 0 aliphatic heterocycles. The summed E-state index contributed by atoms with van der Waals surface area (Å²) in [7, 11) is 0. The molecule has 0 unspecified atom stereocenters. The van der Waals surface area contributed by atoms with E-state index in [2.05, 4.69) is 15.9 Å². The van der Waals surface area contributed by atoms with Crippen molar-refractivity contribution in [1.29, 1.82) is 5.26 Å². The highest BCUT2D eigenvalue weighted by Gasteiger charge is 2.01. The lowest BCUT2D eigenvalue weighted by Crippen LogP contribution is -1.91. The summed E-state index contributed by atoms with van der Waals surface area (Å²) in [6, 6.07) is 6.24. The van der Waals surface area contributed by atoms with Gasteiger partial charge in [-0.15, -0.1) is 0 Å². The highest BCUT2D eigenvalue weighted by Crippen LogP contribution is 2.11. The van der Waals surface area contributed by atoms with Crippen LogP contribution >= 0.6 is 15.9 Å². The molecule has 0 aliphatic rings. The molecule has 62 valence electrons. The van der Waals surface area contributed by atoms with Gasteiger partial charge < -0.3 is 0 Å². The molecule has 0 atom stereocenters. The van der Waals surface area contributed by atoms with Crippen LogP contribution in [0, 0.1) is 17.1 Å².